The molecule has 0 bridgehead atoms. The summed E-state index contributed by atoms with van der Waals surface area (Å²) in [5, 5.41) is 15.0. The highest BCUT2D eigenvalue weighted by Crippen LogP contribution is 2.11. The fourth-order valence-corrected chi connectivity index (χ4v) is 2.31. The number of hydrogen-bond donors (Lipinski definition) is 1. The number of hydrogen-bond acceptors (Lipinski definition) is 5. The molecule has 0 saturated carbocycles. The number of nitrogens with one attached hydrogen (secondary N) is 1. The van der Waals surface area contributed by atoms with E-state index >= 15 is 0 Å². The summed E-state index contributed by atoms with van der Waals surface area (Å²) >= 11 is 0. The SMILES string of the molecule is Cc1nccn1CCCNC(=O)Cn1nnc(-c2ccccc2)n1. The van der Waals surface area contributed by atoms with Crippen LogP contribution in [0.1, 0.15) is 12.2 Å². The molecule has 0 saturated heterocycles. The van der Waals surface area contributed by atoms with Crippen molar-refractivity contribution in [3.63, 3.8) is 0 Å². The average molecular weight is 325 g/mol. The molecule has 0 aliphatic carbocycles. The van der Waals surface area contributed by atoms with Crippen LogP contribution >= 0.6 is 0 Å². The van der Waals surface area contributed by atoms with Crippen LogP contribution in [0.25, 0.3) is 11.4 Å². The molecule has 2 aromatic heterocycles. The van der Waals surface area contributed by atoms with Gasteiger partial charge in [-0.2, -0.15) is 4.80 Å². The Kier molecular flexibility index (Phi) is 4.95. The Morgan fingerprint density at radius 1 is 1.25 bits per heavy atom. The van der Waals surface area contributed by atoms with Crippen molar-refractivity contribution in [3.8, 4) is 11.4 Å². The molecule has 0 aliphatic heterocycles. The van der Waals surface area contributed by atoms with Crippen LogP contribution in [0.4, 0.5) is 0 Å². The van der Waals surface area contributed by atoms with Gasteiger partial charge in [-0.15, -0.1) is 10.2 Å². The van der Waals surface area contributed by atoms with E-state index in [1.807, 2.05) is 43.5 Å². The van der Waals surface area contributed by atoms with E-state index in [1.54, 1.807) is 6.20 Å². The summed E-state index contributed by atoms with van der Waals surface area (Å²) in [6, 6.07) is 9.54. The predicted molar refractivity (Wildman–Crippen MR) is 87.8 cm³/mol. The molecule has 3 rings (SSSR count). The average Bonchev–Trinajstić information content (AvgIpc) is 3.22. The van der Waals surface area contributed by atoms with Gasteiger partial charge >= 0.3 is 0 Å². The third-order valence-electron chi connectivity index (χ3n) is 3.59. The van der Waals surface area contributed by atoms with Gasteiger partial charge in [-0.3, -0.25) is 4.79 Å². The maximum Gasteiger partial charge on any atom is 0.243 e. The van der Waals surface area contributed by atoms with E-state index in [9.17, 15) is 4.79 Å². The van der Waals surface area contributed by atoms with Crippen LogP contribution in [0.2, 0.25) is 0 Å². The third-order valence-corrected chi connectivity index (χ3v) is 3.59. The lowest BCUT2D eigenvalue weighted by Gasteiger charge is -2.06. The van der Waals surface area contributed by atoms with E-state index in [-0.39, 0.29) is 12.5 Å². The van der Waals surface area contributed by atoms with E-state index in [1.165, 1.54) is 4.80 Å². The maximum absolute atomic E-state index is 11.9. The summed E-state index contributed by atoms with van der Waals surface area (Å²) in [6.07, 6.45) is 4.54. The highest BCUT2D eigenvalue weighted by Gasteiger charge is 2.08. The molecule has 0 fully saturated rings. The fourth-order valence-electron chi connectivity index (χ4n) is 2.31. The van der Waals surface area contributed by atoms with Crippen LogP contribution in [0.5, 0.6) is 0 Å². The molecular weight excluding hydrogens is 306 g/mol. The number of carbonyl (C=O) groups is 1. The summed E-state index contributed by atoms with van der Waals surface area (Å²) in [7, 11) is 0. The molecule has 1 amide bonds. The first-order valence-electron chi connectivity index (χ1n) is 7.80. The van der Waals surface area contributed by atoms with E-state index in [0.29, 0.717) is 12.4 Å². The van der Waals surface area contributed by atoms with Gasteiger partial charge in [-0.25, -0.2) is 4.98 Å². The molecule has 2 heterocycles. The maximum atomic E-state index is 11.9. The molecule has 1 N–H and O–H groups in total. The summed E-state index contributed by atoms with van der Waals surface area (Å²) in [5.41, 5.74) is 0.875. The second-order valence-electron chi connectivity index (χ2n) is 5.38. The topological polar surface area (TPSA) is 90.5 Å². The highest BCUT2D eigenvalue weighted by atomic mass is 16.2. The monoisotopic (exact) mass is 325 g/mol. The van der Waals surface area contributed by atoms with Crippen molar-refractivity contribution in [1.29, 1.82) is 0 Å². The Labute approximate surface area is 139 Å². The van der Waals surface area contributed by atoms with Crippen molar-refractivity contribution in [1.82, 2.24) is 35.1 Å². The smallest absolute Gasteiger partial charge is 0.243 e. The van der Waals surface area contributed by atoms with Crippen LogP contribution < -0.4 is 5.32 Å². The Bertz CT molecular complexity index is 794. The number of carbonyl (C=O) groups excluding carboxylic acids is 1. The Morgan fingerprint density at radius 3 is 2.83 bits per heavy atom. The van der Waals surface area contributed by atoms with Crippen molar-refractivity contribution in [2.75, 3.05) is 6.54 Å². The molecule has 0 aliphatic rings. The van der Waals surface area contributed by atoms with Crippen molar-refractivity contribution >= 4 is 5.91 Å². The lowest BCUT2D eigenvalue weighted by atomic mass is 10.2. The van der Waals surface area contributed by atoms with Crippen molar-refractivity contribution in [2.45, 2.75) is 26.4 Å². The van der Waals surface area contributed by atoms with Gasteiger partial charge in [0.15, 0.2) is 0 Å². The molecule has 0 radical (unpaired) electrons. The molecule has 8 heteroatoms. The minimum atomic E-state index is -0.130. The normalized spacial score (nSPS) is 10.7. The fraction of sp³-hybridized carbons (Fsp3) is 0.312. The van der Waals surface area contributed by atoms with Crippen molar-refractivity contribution < 1.29 is 4.79 Å². The van der Waals surface area contributed by atoms with Crippen molar-refractivity contribution in [2.24, 2.45) is 0 Å². The number of aryl methyl sites for hydroxylation is 2. The van der Waals surface area contributed by atoms with Gasteiger partial charge in [-0.05, 0) is 18.6 Å². The van der Waals surface area contributed by atoms with Gasteiger partial charge in [-0.1, -0.05) is 30.3 Å². The zero-order valence-electron chi connectivity index (χ0n) is 13.5. The predicted octanol–water partition coefficient (Wildman–Crippen LogP) is 1.05. The second kappa shape index (κ2) is 7.49. The standard InChI is InChI=1S/C16H19N7O/c1-13-17-9-11-22(13)10-5-8-18-15(24)12-23-20-16(19-21-23)14-6-3-2-4-7-14/h2-4,6-7,9,11H,5,8,10,12H2,1H3,(H,18,24). The van der Waals surface area contributed by atoms with E-state index in [0.717, 1.165) is 24.4 Å². The molecule has 3 aromatic rings. The highest BCUT2D eigenvalue weighted by molar-refractivity contribution is 5.75. The van der Waals surface area contributed by atoms with Crippen molar-refractivity contribution in [3.05, 3.63) is 48.5 Å². The summed E-state index contributed by atoms with van der Waals surface area (Å²) in [5.74, 6) is 1.36. The zero-order valence-corrected chi connectivity index (χ0v) is 13.5. The minimum Gasteiger partial charge on any atom is -0.354 e. The molecular formula is C16H19N7O. The molecule has 0 spiro atoms. The van der Waals surface area contributed by atoms with E-state index < -0.39 is 0 Å². The van der Waals surface area contributed by atoms with Gasteiger partial charge in [0, 0.05) is 31.0 Å². The Morgan fingerprint density at radius 2 is 2.08 bits per heavy atom. The Hall–Kier alpha value is -3.03. The number of rotatable bonds is 7. The van der Waals surface area contributed by atoms with Gasteiger partial charge in [0.2, 0.25) is 11.7 Å². The molecule has 24 heavy (non-hydrogen) atoms. The van der Waals surface area contributed by atoms with Crippen LogP contribution in [0.15, 0.2) is 42.7 Å². The number of imidazole rings is 1. The van der Waals surface area contributed by atoms with Gasteiger partial charge in [0.25, 0.3) is 0 Å². The molecule has 8 nitrogen and oxygen atoms in total. The van der Waals surface area contributed by atoms with Gasteiger partial charge < -0.3 is 9.88 Å². The van der Waals surface area contributed by atoms with E-state index in [2.05, 4.69) is 30.3 Å². The minimum absolute atomic E-state index is 0.0595. The third kappa shape index (κ3) is 4.03. The molecule has 1 aromatic carbocycles. The molecule has 0 atom stereocenters. The number of aromatic nitrogens is 6. The summed E-state index contributed by atoms with van der Waals surface area (Å²) < 4.78 is 2.05. The van der Waals surface area contributed by atoms with Crippen LogP contribution in [0, 0.1) is 6.92 Å². The number of benzene rings is 1. The lowest BCUT2D eigenvalue weighted by Crippen LogP contribution is -2.29. The Balaban J connectivity index is 1.44. The van der Waals surface area contributed by atoms with Crippen LogP contribution in [-0.4, -0.2) is 42.2 Å². The zero-order chi connectivity index (χ0) is 16.8. The lowest BCUT2D eigenvalue weighted by molar-refractivity contribution is -0.122. The summed E-state index contributed by atoms with van der Waals surface area (Å²) in [4.78, 5) is 17.4. The van der Waals surface area contributed by atoms with Crippen LogP contribution in [0.3, 0.4) is 0 Å². The van der Waals surface area contributed by atoms with E-state index in [4.69, 9.17) is 0 Å². The largest absolute Gasteiger partial charge is 0.354 e. The summed E-state index contributed by atoms with van der Waals surface area (Å²) in [6.45, 7) is 3.44. The number of tetrazole rings is 1. The number of amides is 1. The van der Waals surface area contributed by atoms with Gasteiger partial charge in [0.05, 0.1) is 0 Å². The molecule has 0 unspecified atom stereocenters. The molecule has 124 valence electrons. The van der Waals surface area contributed by atoms with Crippen LogP contribution in [-0.2, 0) is 17.9 Å². The second-order valence-corrected chi connectivity index (χ2v) is 5.38. The quantitative estimate of drug-likeness (QED) is 0.656. The van der Waals surface area contributed by atoms with Gasteiger partial charge in [0.1, 0.15) is 12.4 Å². The first kappa shape index (κ1) is 15.9. The first-order valence-corrected chi connectivity index (χ1v) is 7.80. The first-order chi connectivity index (χ1) is 11.7. The number of nitrogens with zero attached hydrogens (tertiary/aromatic N) is 6.